The summed E-state index contributed by atoms with van der Waals surface area (Å²) in [6.07, 6.45) is -4.95. The lowest BCUT2D eigenvalue weighted by Crippen LogP contribution is -2.38. The molecule has 0 bridgehead atoms. The van der Waals surface area contributed by atoms with E-state index in [-0.39, 0.29) is 12.1 Å². The minimum Gasteiger partial charge on any atom is -0.337 e. The molecule has 2 aromatic carbocycles. The summed E-state index contributed by atoms with van der Waals surface area (Å²) in [6.45, 7) is 0. The highest BCUT2D eigenvalue weighted by atomic mass is 19.4. The van der Waals surface area contributed by atoms with Gasteiger partial charge in [0.15, 0.2) is 23.5 Å². The van der Waals surface area contributed by atoms with E-state index < -0.39 is 52.5 Å². The number of carbonyl (C=O) groups excluding carboxylic acids is 1. The lowest BCUT2D eigenvalue weighted by molar-refractivity contribution is -0.155. The van der Waals surface area contributed by atoms with Crippen molar-refractivity contribution in [3.05, 3.63) is 70.8 Å². The lowest BCUT2D eigenvalue weighted by Gasteiger charge is -2.22. The highest BCUT2D eigenvalue weighted by Gasteiger charge is 2.42. The smallest absolute Gasteiger partial charge is 0.337 e. The number of halogens is 7. The van der Waals surface area contributed by atoms with Crippen molar-refractivity contribution < 1.29 is 35.5 Å². The van der Waals surface area contributed by atoms with Gasteiger partial charge in [-0.05, 0) is 29.8 Å². The number of amides is 1. The average molecular weight is 351 g/mol. The first-order valence-corrected chi connectivity index (χ1v) is 6.37. The molecular formula is C15H8F7NO. The maximum atomic E-state index is 13.1. The summed E-state index contributed by atoms with van der Waals surface area (Å²) in [5.74, 6) is -7.54. The fourth-order valence-electron chi connectivity index (χ4n) is 1.91. The Balaban J connectivity index is 2.33. The number of rotatable bonds is 3. The molecule has 0 aliphatic heterocycles. The average Bonchev–Trinajstić information content (AvgIpc) is 2.49. The fraction of sp³-hybridized carbons (Fsp3) is 0.133. The molecule has 0 aliphatic carbocycles. The van der Waals surface area contributed by atoms with Crippen molar-refractivity contribution in [1.82, 2.24) is 5.32 Å². The molecule has 1 atom stereocenters. The van der Waals surface area contributed by atoms with E-state index in [1.807, 2.05) is 0 Å². The molecule has 2 nitrogen and oxygen atoms in total. The molecule has 1 unspecified atom stereocenters. The van der Waals surface area contributed by atoms with Crippen LogP contribution in [0.5, 0.6) is 0 Å². The Bertz CT molecular complexity index is 732. The Morgan fingerprint density at radius 1 is 0.917 bits per heavy atom. The van der Waals surface area contributed by atoms with Gasteiger partial charge in [0.1, 0.15) is 5.82 Å². The molecule has 0 saturated carbocycles. The standard InChI is InChI=1S/C15H8F7NO/c16-9-3-1-7(2-4-9)13(15(20,21)22)23-14(24)8-5-10(17)12(19)11(18)6-8/h1-6,13H,(H,23,24). The number of hydrogen-bond acceptors (Lipinski definition) is 1. The van der Waals surface area contributed by atoms with Gasteiger partial charge in [-0.1, -0.05) is 12.1 Å². The van der Waals surface area contributed by atoms with Crippen molar-refractivity contribution in [3.8, 4) is 0 Å². The third-order valence-electron chi connectivity index (χ3n) is 3.05. The van der Waals surface area contributed by atoms with Crippen LogP contribution in [0.15, 0.2) is 36.4 Å². The molecule has 0 radical (unpaired) electrons. The Hall–Kier alpha value is -2.58. The highest BCUT2D eigenvalue weighted by molar-refractivity contribution is 5.94. The number of hydrogen-bond donors (Lipinski definition) is 1. The number of alkyl halides is 3. The van der Waals surface area contributed by atoms with E-state index in [0.717, 1.165) is 24.3 Å². The van der Waals surface area contributed by atoms with E-state index in [1.165, 1.54) is 0 Å². The topological polar surface area (TPSA) is 29.1 Å². The zero-order valence-electron chi connectivity index (χ0n) is 11.6. The Kier molecular flexibility index (Phi) is 4.81. The molecular weight excluding hydrogens is 343 g/mol. The van der Waals surface area contributed by atoms with Gasteiger partial charge in [-0.15, -0.1) is 0 Å². The minimum absolute atomic E-state index is 0.270. The molecule has 2 aromatic rings. The molecule has 0 aliphatic rings. The Morgan fingerprint density at radius 2 is 1.42 bits per heavy atom. The summed E-state index contributed by atoms with van der Waals surface area (Å²) in [7, 11) is 0. The van der Waals surface area contributed by atoms with Gasteiger partial charge in [-0.3, -0.25) is 4.79 Å². The molecule has 128 valence electrons. The van der Waals surface area contributed by atoms with Crippen LogP contribution in [0.1, 0.15) is 22.0 Å². The van der Waals surface area contributed by atoms with Crippen molar-refractivity contribution in [3.63, 3.8) is 0 Å². The van der Waals surface area contributed by atoms with Crippen LogP contribution in [0, 0.1) is 23.3 Å². The van der Waals surface area contributed by atoms with Gasteiger partial charge >= 0.3 is 6.18 Å². The van der Waals surface area contributed by atoms with Crippen molar-refractivity contribution in [2.75, 3.05) is 0 Å². The van der Waals surface area contributed by atoms with Crippen LogP contribution in [0.3, 0.4) is 0 Å². The monoisotopic (exact) mass is 351 g/mol. The molecule has 0 heterocycles. The number of benzene rings is 2. The normalized spacial score (nSPS) is 12.8. The van der Waals surface area contributed by atoms with Crippen molar-refractivity contribution in [1.29, 1.82) is 0 Å². The largest absolute Gasteiger partial charge is 0.412 e. The molecule has 1 N–H and O–H groups in total. The third-order valence-corrected chi connectivity index (χ3v) is 3.05. The third kappa shape index (κ3) is 3.84. The summed E-state index contributed by atoms with van der Waals surface area (Å²) < 4.78 is 91.1. The van der Waals surface area contributed by atoms with E-state index >= 15 is 0 Å². The van der Waals surface area contributed by atoms with Crippen LogP contribution in [0.25, 0.3) is 0 Å². The summed E-state index contributed by atoms with van der Waals surface area (Å²) in [5, 5.41) is 1.54. The Morgan fingerprint density at radius 3 is 1.88 bits per heavy atom. The minimum atomic E-state index is -4.95. The molecule has 24 heavy (non-hydrogen) atoms. The van der Waals surface area contributed by atoms with Crippen molar-refractivity contribution >= 4 is 5.91 Å². The molecule has 0 spiro atoms. The van der Waals surface area contributed by atoms with E-state index in [4.69, 9.17) is 0 Å². The molecule has 9 heteroatoms. The van der Waals surface area contributed by atoms with Crippen molar-refractivity contribution in [2.24, 2.45) is 0 Å². The maximum absolute atomic E-state index is 13.1. The SMILES string of the molecule is O=C(NC(c1ccc(F)cc1)C(F)(F)F)c1cc(F)c(F)c(F)c1. The van der Waals surface area contributed by atoms with E-state index in [2.05, 4.69) is 0 Å². The van der Waals surface area contributed by atoms with E-state index in [1.54, 1.807) is 5.32 Å². The first-order valence-electron chi connectivity index (χ1n) is 6.37. The molecule has 0 saturated heterocycles. The number of nitrogens with one attached hydrogen (secondary N) is 1. The van der Waals surface area contributed by atoms with Gasteiger partial charge in [0.25, 0.3) is 5.91 Å². The first-order chi connectivity index (χ1) is 11.1. The molecule has 2 rings (SSSR count). The lowest BCUT2D eigenvalue weighted by atomic mass is 10.1. The first kappa shape index (κ1) is 17.8. The van der Waals surface area contributed by atoms with Crippen molar-refractivity contribution in [2.45, 2.75) is 12.2 Å². The summed E-state index contributed by atoms with van der Waals surface area (Å²) >= 11 is 0. The fourth-order valence-corrected chi connectivity index (χ4v) is 1.91. The predicted octanol–water partition coefficient (Wildman–Crippen LogP) is 4.28. The predicted molar refractivity (Wildman–Crippen MR) is 69.0 cm³/mol. The van der Waals surface area contributed by atoms with Crippen LogP contribution in [-0.4, -0.2) is 12.1 Å². The zero-order chi connectivity index (χ0) is 18.1. The second-order valence-corrected chi connectivity index (χ2v) is 4.75. The quantitative estimate of drug-likeness (QED) is 0.649. The summed E-state index contributed by atoms with van der Waals surface area (Å²) in [6, 6.07) is 1.13. The molecule has 1 amide bonds. The second-order valence-electron chi connectivity index (χ2n) is 4.75. The van der Waals surface area contributed by atoms with Gasteiger partial charge in [0.05, 0.1) is 0 Å². The van der Waals surface area contributed by atoms with Gasteiger partial charge in [-0.25, -0.2) is 17.6 Å². The van der Waals surface area contributed by atoms with Crippen LogP contribution < -0.4 is 5.32 Å². The van der Waals surface area contributed by atoms with E-state index in [9.17, 15) is 35.5 Å². The maximum Gasteiger partial charge on any atom is 0.412 e. The Labute approximate surface area is 130 Å². The van der Waals surface area contributed by atoms with Gasteiger partial charge in [-0.2, -0.15) is 13.2 Å². The van der Waals surface area contributed by atoms with Crippen LogP contribution in [0.2, 0.25) is 0 Å². The van der Waals surface area contributed by atoms with Crippen LogP contribution in [-0.2, 0) is 0 Å². The number of carbonyl (C=O) groups is 1. The second kappa shape index (κ2) is 6.50. The molecule has 0 aromatic heterocycles. The van der Waals surface area contributed by atoms with Crippen LogP contribution in [0.4, 0.5) is 30.7 Å². The van der Waals surface area contributed by atoms with Gasteiger partial charge in [0, 0.05) is 5.56 Å². The molecule has 0 fully saturated rings. The summed E-state index contributed by atoms with van der Waals surface area (Å²) in [5.41, 5.74) is -1.32. The summed E-state index contributed by atoms with van der Waals surface area (Å²) in [4.78, 5) is 11.8. The highest BCUT2D eigenvalue weighted by Crippen LogP contribution is 2.33. The van der Waals surface area contributed by atoms with Gasteiger partial charge in [0.2, 0.25) is 0 Å². The van der Waals surface area contributed by atoms with Crippen LogP contribution >= 0.6 is 0 Å². The zero-order valence-corrected chi connectivity index (χ0v) is 11.6. The van der Waals surface area contributed by atoms with Gasteiger partial charge < -0.3 is 5.32 Å². The van der Waals surface area contributed by atoms with E-state index in [0.29, 0.717) is 0 Å².